The number of aromatic nitrogens is 1. The molecule has 3 rings (SSSR count). The normalized spacial score (nSPS) is 26.8. The molecule has 1 aliphatic heterocycles. The topological polar surface area (TPSA) is 98.0 Å². The zero-order valence-electron chi connectivity index (χ0n) is 15.3. The van der Waals surface area contributed by atoms with E-state index in [0.29, 0.717) is 6.42 Å². The van der Waals surface area contributed by atoms with Gasteiger partial charge in [0.15, 0.2) is 5.43 Å². The van der Waals surface area contributed by atoms with Crippen LogP contribution in [0.15, 0.2) is 34.1 Å². The number of aliphatic hydroxyl groups excluding tert-OH is 1. The van der Waals surface area contributed by atoms with Gasteiger partial charge in [-0.1, -0.05) is 13.8 Å². The molecule has 2 aliphatic rings. The molecule has 1 aromatic heterocycles. The third kappa shape index (κ3) is 3.71. The van der Waals surface area contributed by atoms with Gasteiger partial charge in [-0.2, -0.15) is 0 Å². The first-order valence-corrected chi connectivity index (χ1v) is 9.53. The number of hydrogen-bond donors (Lipinski definition) is 1. The second-order valence-corrected chi connectivity index (χ2v) is 7.97. The number of nitrogens with zero attached hydrogens (tertiary/aromatic N) is 2. The van der Waals surface area contributed by atoms with Gasteiger partial charge in [-0.3, -0.25) is 9.59 Å². The number of aliphatic hydroxyl groups is 1. The maximum Gasteiger partial charge on any atom is 0.322 e. The molecule has 8 heteroatoms. The summed E-state index contributed by atoms with van der Waals surface area (Å²) in [5.41, 5.74) is 0.0568. The van der Waals surface area contributed by atoms with Crippen molar-refractivity contribution in [3.8, 4) is 0 Å². The average Bonchev–Trinajstić information content (AvgIpc) is 2.64. The van der Waals surface area contributed by atoms with Crippen molar-refractivity contribution in [2.24, 2.45) is 17.0 Å². The number of ether oxygens (including phenoxy) is 1. The first kappa shape index (κ1) is 19.8. The molecular formula is C19H23ClN2O5. The zero-order chi connectivity index (χ0) is 19.7. The average molecular weight is 395 g/mol. The molecule has 0 bridgehead atoms. The van der Waals surface area contributed by atoms with Crippen LogP contribution in [-0.2, 0) is 4.74 Å². The number of pyridine rings is 1. The van der Waals surface area contributed by atoms with Crippen LogP contribution < -0.4 is 5.43 Å². The molecule has 27 heavy (non-hydrogen) atoms. The minimum atomic E-state index is -1.05. The van der Waals surface area contributed by atoms with Crippen LogP contribution in [-0.4, -0.2) is 34.2 Å². The van der Waals surface area contributed by atoms with Crippen molar-refractivity contribution in [1.29, 1.82) is 0 Å². The summed E-state index contributed by atoms with van der Waals surface area (Å²) in [7, 11) is 0. The maximum absolute atomic E-state index is 12.4. The highest BCUT2D eigenvalue weighted by Crippen LogP contribution is 2.49. The molecule has 4 atom stereocenters. The second-order valence-electron chi connectivity index (χ2n) is 7.47. The third-order valence-electron chi connectivity index (χ3n) is 5.47. The number of rotatable bonds is 5. The first-order valence-electron chi connectivity index (χ1n) is 9.09. The van der Waals surface area contributed by atoms with Crippen molar-refractivity contribution < 1.29 is 14.6 Å². The van der Waals surface area contributed by atoms with E-state index in [-0.39, 0.29) is 47.9 Å². The van der Waals surface area contributed by atoms with Crippen LogP contribution in [0.4, 0.5) is 0 Å². The van der Waals surface area contributed by atoms with E-state index in [2.05, 4.69) is 19.0 Å². The quantitative estimate of drug-likeness (QED) is 0.611. The van der Waals surface area contributed by atoms with Gasteiger partial charge >= 0.3 is 5.91 Å². The Balaban J connectivity index is 2.08. The predicted molar refractivity (Wildman–Crippen MR) is 101 cm³/mol. The zero-order valence-corrected chi connectivity index (χ0v) is 16.1. The molecule has 1 aliphatic carbocycles. The molecule has 0 radical (unpaired) electrons. The van der Waals surface area contributed by atoms with Gasteiger partial charge in [-0.15, -0.1) is 16.5 Å². The van der Waals surface area contributed by atoms with Crippen molar-refractivity contribution in [3.05, 3.63) is 50.5 Å². The first-order chi connectivity index (χ1) is 12.9. The Morgan fingerprint density at radius 3 is 2.85 bits per heavy atom. The summed E-state index contributed by atoms with van der Waals surface area (Å²) < 4.78 is 7.52. The molecule has 4 unspecified atom stereocenters. The Morgan fingerprint density at radius 2 is 2.22 bits per heavy atom. The number of allylic oxidation sites excluding steroid dienone is 2. The summed E-state index contributed by atoms with van der Waals surface area (Å²) in [5.74, 6) is 0.0555. The molecule has 1 aromatic rings. The summed E-state index contributed by atoms with van der Waals surface area (Å²) in [4.78, 5) is 34.8. The van der Waals surface area contributed by atoms with Gasteiger partial charge in [0, 0.05) is 41.5 Å². The van der Waals surface area contributed by atoms with E-state index in [4.69, 9.17) is 21.4 Å². The van der Waals surface area contributed by atoms with Crippen molar-refractivity contribution in [2.45, 2.75) is 44.0 Å². The molecule has 0 fully saturated rings. The van der Waals surface area contributed by atoms with Gasteiger partial charge in [0.2, 0.25) is 0 Å². The number of carbonyl (C=O) groups excluding carboxylic acids is 1. The van der Waals surface area contributed by atoms with E-state index >= 15 is 0 Å². The Morgan fingerprint density at radius 1 is 1.48 bits per heavy atom. The number of carbonyl (C=O) groups is 1. The lowest BCUT2D eigenvalue weighted by atomic mass is 9.71. The summed E-state index contributed by atoms with van der Waals surface area (Å²) in [6.07, 6.45) is 4.79. The molecule has 1 amide bonds. The molecule has 146 valence electrons. The van der Waals surface area contributed by atoms with Crippen LogP contribution in [0.25, 0.3) is 0 Å². The van der Waals surface area contributed by atoms with Crippen LogP contribution in [0.5, 0.6) is 0 Å². The summed E-state index contributed by atoms with van der Waals surface area (Å²) in [5, 5.41) is 11.0. The molecule has 0 saturated carbocycles. The number of alkyl halides is 1. The highest BCUT2D eigenvalue weighted by molar-refractivity contribution is 6.22. The van der Waals surface area contributed by atoms with Gasteiger partial charge in [0.05, 0.1) is 17.7 Å². The fourth-order valence-corrected chi connectivity index (χ4v) is 4.73. The fraction of sp³-hybridized carbons (Fsp3) is 0.579. The van der Waals surface area contributed by atoms with Gasteiger partial charge in [0.1, 0.15) is 12.2 Å². The lowest BCUT2D eigenvalue weighted by Crippen LogP contribution is -2.39. The molecule has 1 N–H and O–H groups in total. The smallest absolute Gasteiger partial charge is 0.322 e. The predicted octanol–water partition coefficient (Wildman–Crippen LogP) is 2.96. The molecule has 2 heterocycles. The van der Waals surface area contributed by atoms with Crippen molar-refractivity contribution in [3.63, 3.8) is 0 Å². The Kier molecular flexibility index (Phi) is 5.81. The SMILES string of the molecule is CC(C)C1CC2CC(OCCO)=CC(Cl)C2c2cc(=O)c(C(=O)N=O)cn21. The van der Waals surface area contributed by atoms with Crippen LogP contribution in [0, 0.1) is 16.7 Å². The van der Waals surface area contributed by atoms with E-state index in [1.807, 2.05) is 10.6 Å². The van der Waals surface area contributed by atoms with Gasteiger partial charge in [-0.05, 0) is 24.3 Å². The molecule has 0 spiro atoms. The van der Waals surface area contributed by atoms with E-state index in [9.17, 15) is 14.5 Å². The number of amides is 1. The Hall–Kier alpha value is -1.99. The lowest BCUT2D eigenvalue weighted by molar-refractivity contribution is 0.0996. The lowest BCUT2D eigenvalue weighted by Gasteiger charge is -2.44. The van der Waals surface area contributed by atoms with E-state index in [0.717, 1.165) is 17.9 Å². The van der Waals surface area contributed by atoms with E-state index in [1.54, 1.807) is 0 Å². The van der Waals surface area contributed by atoms with E-state index < -0.39 is 11.3 Å². The van der Waals surface area contributed by atoms with E-state index in [1.165, 1.54) is 12.3 Å². The minimum Gasteiger partial charge on any atom is -0.496 e. The van der Waals surface area contributed by atoms with Gasteiger partial charge in [0.25, 0.3) is 0 Å². The largest absolute Gasteiger partial charge is 0.496 e. The standard InChI is InChI=1S/C19H23ClN2O5/c1-10(2)15-6-11-5-12(27-4-3-23)7-14(20)18(11)16-8-17(24)13(9-22(15)16)19(25)21-26/h7-11,14-15,18,23H,3-6H2,1-2H3. The molecule has 7 nitrogen and oxygen atoms in total. The molecule has 0 aromatic carbocycles. The molecular weight excluding hydrogens is 372 g/mol. The number of nitroso groups, excluding NO2 is 1. The number of hydrogen-bond acceptors (Lipinski definition) is 5. The van der Waals surface area contributed by atoms with Crippen molar-refractivity contribution in [1.82, 2.24) is 4.57 Å². The highest BCUT2D eigenvalue weighted by Gasteiger charge is 2.42. The van der Waals surface area contributed by atoms with Crippen LogP contribution >= 0.6 is 11.6 Å². The van der Waals surface area contributed by atoms with Crippen molar-refractivity contribution in [2.75, 3.05) is 13.2 Å². The Bertz CT molecular complexity index is 832. The Labute approximate surface area is 161 Å². The number of fused-ring (bicyclic) bond motifs is 3. The summed E-state index contributed by atoms with van der Waals surface area (Å²) >= 11 is 6.63. The van der Waals surface area contributed by atoms with Gasteiger partial charge in [-0.25, -0.2) is 0 Å². The second kappa shape index (κ2) is 7.94. The fourth-order valence-electron chi connectivity index (χ4n) is 4.26. The molecule has 0 saturated heterocycles. The van der Waals surface area contributed by atoms with Crippen LogP contribution in [0.2, 0.25) is 0 Å². The van der Waals surface area contributed by atoms with Gasteiger partial charge < -0.3 is 14.4 Å². The van der Waals surface area contributed by atoms with Crippen LogP contribution in [0.3, 0.4) is 0 Å². The summed E-state index contributed by atoms with van der Waals surface area (Å²) in [6, 6.07) is 1.48. The monoisotopic (exact) mass is 394 g/mol. The van der Waals surface area contributed by atoms with Crippen LogP contribution in [0.1, 0.15) is 54.7 Å². The number of halogens is 1. The third-order valence-corrected chi connectivity index (χ3v) is 5.87. The highest BCUT2D eigenvalue weighted by atomic mass is 35.5. The minimum absolute atomic E-state index is 0.0566. The maximum atomic E-state index is 12.4. The van der Waals surface area contributed by atoms with Crippen molar-refractivity contribution >= 4 is 17.5 Å². The summed E-state index contributed by atoms with van der Waals surface area (Å²) in [6.45, 7) is 4.31.